The van der Waals surface area contributed by atoms with Gasteiger partial charge in [0.1, 0.15) is 37.0 Å². The molecule has 0 saturated carbocycles. The number of hydrogen-bond donors (Lipinski definition) is 0. The van der Waals surface area contributed by atoms with Crippen LogP contribution < -0.4 is 0 Å². The molecule has 10 atom stereocenters. The van der Waals surface area contributed by atoms with Crippen molar-refractivity contribution in [2.75, 3.05) is 19.0 Å². The van der Waals surface area contributed by atoms with Gasteiger partial charge in [-0.1, -0.05) is 6.92 Å². The predicted octanol–water partition coefficient (Wildman–Crippen LogP) is 0.359. The molecule has 0 N–H and O–H groups in total. The van der Waals surface area contributed by atoms with Crippen molar-refractivity contribution in [2.24, 2.45) is 0 Å². The normalized spacial score (nSPS) is 30.6. The summed E-state index contributed by atoms with van der Waals surface area (Å²) in [5, 5.41) is 0. The molecule has 0 spiro atoms. The van der Waals surface area contributed by atoms with Crippen LogP contribution in [0.1, 0.15) is 55.4 Å². The van der Waals surface area contributed by atoms with Gasteiger partial charge in [-0.3, -0.25) is 33.6 Å². The predicted molar refractivity (Wildman–Crippen MR) is 151 cm³/mol. The first-order valence-electron chi connectivity index (χ1n) is 14.2. The van der Waals surface area contributed by atoms with E-state index in [0.717, 1.165) is 48.5 Å². The van der Waals surface area contributed by atoms with Gasteiger partial charge in [0.05, 0.1) is 0 Å². The monoisotopic (exact) mass is 680 g/mol. The van der Waals surface area contributed by atoms with Crippen LogP contribution in [-0.2, 0) is 80.9 Å². The molecular weight excluding hydrogens is 640 g/mol. The number of esters is 7. The summed E-state index contributed by atoms with van der Waals surface area (Å²) in [5.41, 5.74) is -0.922. The minimum absolute atomic E-state index is 0.434. The molecule has 2 fully saturated rings. The Bertz CT molecular complexity index is 1130. The Morgan fingerprint density at radius 3 is 1.33 bits per heavy atom. The van der Waals surface area contributed by atoms with Crippen LogP contribution in [0.3, 0.4) is 0 Å². The van der Waals surface area contributed by atoms with Gasteiger partial charge in [-0.05, 0) is 5.75 Å². The summed E-state index contributed by atoms with van der Waals surface area (Å²) in [6.45, 7) is 8.52. The van der Waals surface area contributed by atoms with Crippen LogP contribution in [0.4, 0.5) is 0 Å². The number of hydrogen-bond acceptors (Lipinski definition) is 18. The Kier molecular flexibility index (Phi) is 15.2. The smallest absolute Gasteiger partial charge is 0.303 e. The van der Waals surface area contributed by atoms with Crippen molar-refractivity contribution in [3.63, 3.8) is 0 Å². The summed E-state index contributed by atoms with van der Waals surface area (Å²) in [4.78, 5) is 84.5. The largest absolute Gasteiger partial charge is 0.463 e. The molecule has 0 radical (unpaired) electrons. The molecule has 10 unspecified atom stereocenters. The summed E-state index contributed by atoms with van der Waals surface area (Å²) < 4.78 is 56.1. The van der Waals surface area contributed by atoms with E-state index >= 15 is 0 Å². The lowest BCUT2D eigenvalue weighted by atomic mass is 9.96. The molecule has 2 aliphatic heterocycles. The van der Waals surface area contributed by atoms with Gasteiger partial charge in [-0.15, -0.1) is 11.8 Å². The number of carbonyl (C=O) groups excluding carboxylic acids is 7. The average molecular weight is 681 g/mol. The van der Waals surface area contributed by atoms with Crippen molar-refractivity contribution in [1.82, 2.24) is 0 Å². The Balaban J connectivity index is 2.70. The lowest BCUT2D eigenvalue weighted by Crippen LogP contribution is -2.66. The molecule has 260 valence electrons. The van der Waals surface area contributed by atoms with Gasteiger partial charge in [0, 0.05) is 48.5 Å². The van der Waals surface area contributed by atoms with Crippen LogP contribution in [0, 0.1) is 0 Å². The molecule has 0 aromatic heterocycles. The molecule has 2 aliphatic rings. The van der Waals surface area contributed by atoms with E-state index in [-0.39, 0.29) is 0 Å². The van der Waals surface area contributed by atoms with Crippen molar-refractivity contribution < 1.29 is 80.9 Å². The Morgan fingerprint density at radius 1 is 0.500 bits per heavy atom. The zero-order valence-corrected chi connectivity index (χ0v) is 27.6. The Labute approximate surface area is 269 Å². The van der Waals surface area contributed by atoms with Crippen molar-refractivity contribution in [2.45, 2.75) is 116 Å². The highest BCUT2D eigenvalue weighted by atomic mass is 32.2. The molecule has 2 heterocycles. The topological polar surface area (TPSA) is 212 Å². The van der Waals surface area contributed by atoms with Crippen molar-refractivity contribution >= 4 is 53.5 Å². The van der Waals surface area contributed by atoms with E-state index < -0.39 is 116 Å². The number of carbonyl (C=O) groups is 7. The van der Waals surface area contributed by atoms with Crippen LogP contribution in [0.15, 0.2) is 0 Å². The molecule has 0 aromatic rings. The molecular formula is C28H40O17S. The van der Waals surface area contributed by atoms with Crippen LogP contribution >= 0.6 is 11.8 Å². The average Bonchev–Trinajstić information content (AvgIpc) is 2.91. The summed E-state index contributed by atoms with van der Waals surface area (Å²) in [5.74, 6) is -5.06. The first kappa shape index (κ1) is 38.7. The van der Waals surface area contributed by atoms with Crippen LogP contribution in [0.25, 0.3) is 0 Å². The van der Waals surface area contributed by atoms with Gasteiger partial charge in [-0.2, -0.15) is 0 Å². The van der Waals surface area contributed by atoms with E-state index in [9.17, 15) is 33.6 Å². The second-order valence-corrected chi connectivity index (χ2v) is 11.5. The lowest BCUT2D eigenvalue weighted by Gasteiger charge is -2.48. The van der Waals surface area contributed by atoms with Crippen molar-refractivity contribution in [3.05, 3.63) is 0 Å². The molecule has 0 bridgehead atoms. The minimum Gasteiger partial charge on any atom is -0.463 e. The number of thioether (sulfide) groups is 1. The second kappa shape index (κ2) is 18.0. The fourth-order valence-electron chi connectivity index (χ4n) is 4.77. The lowest BCUT2D eigenvalue weighted by molar-refractivity contribution is -0.341. The first-order chi connectivity index (χ1) is 21.5. The minimum atomic E-state index is -1.72. The SMILES string of the molecule is CCSC1OC(COC(C)=O)C(OC2OC(COC(C)=O)C(OC(C)=O)C(OC(C)=O)C2OC(C)=O)C(OC(C)=O)C1OC(C)=O. The third-order valence-electron chi connectivity index (χ3n) is 6.22. The van der Waals surface area contributed by atoms with Gasteiger partial charge in [0.2, 0.25) is 0 Å². The van der Waals surface area contributed by atoms with Crippen LogP contribution in [0.5, 0.6) is 0 Å². The van der Waals surface area contributed by atoms with Gasteiger partial charge in [-0.25, -0.2) is 0 Å². The van der Waals surface area contributed by atoms with Gasteiger partial charge in [0.15, 0.2) is 36.8 Å². The zero-order chi connectivity index (χ0) is 34.7. The van der Waals surface area contributed by atoms with Gasteiger partial charge < -0.3 is 47.4 Å². The van der Waals surface area contributed by atoms with E-state index in [2.05, 4.69) is 0 Å². The fraction of sp³-hybridized carbons (Fsp3) is 0.750. The highest BCUT2D eigenvalue weighted by molar-refractivity contribution is 7.99. The maximum atomic E-state index is 12.3. The highest BCUT2D eigenvalue weighted by Gasteiger charge is 2.57. The standard InChI is InChI=1S/C28H40O17S/c1-9-46-28-26(42-18(8)35)24(40-16(6)33)22(20(44-28)11-37-13(3)30)45-27-25(41-17(7)34)23(39-15(5)32)21(38-14(4)31)19(43-27)10-36-12(2)29/h19-28H,9-11H2,1-8H3. The first-order valence-corrected chi connectivity index (χ1v) is 15.3. The van der Waals surface area contributed by atoms with E-state index in [4.69, 9.17) is 47.4 Å². The summed E-state index contributed by atoms with van der Waals surface area (Å²) in [7, 11) is 0. The molecule has 46 heavy (non-hydrogen) atoms. The zero-order valence-electron chi connectivity index (χ0n) is 26.7. The van der Waals surface area contributed by atoms with Crippen LogP contribution in [-0.4, -0.2) is 121 Å². The molecule has 17 nitrogen and oxygen atoms in total. The Hall–Kier alpha value is -3.48. The maximum Gasteiger partial charge on any atom is 0.303 e. The summed E-state index contributed by atoms with van der Waals surface area (Å²) >= 11 is 1.21. The number of rotatable bonds is 13. The van der Waals surface area contributed by atoms with E-state index in [1.54, 1.807) is 6.92 Å². The molecule has 0 aromatic carbocycles. The third-order valence-corrected chi connectivity index (χ3v) is 7.26. The molecule has 2 saturated heterocycles. The molecule has 0 amide bonds. The highest BCUT2D eigenvalue weighted by Crippen LogP contribution is 2.37. The quantitative estimate of drug-likeness (QED) is 0.190. The summed E-state index contributed by atoms with van der Waals surface area (Å²) in [6.07, 6.45) is -13.1. The fourth-order valence-corrected chi connectivity index (χ4v) is 5.72. The number of ether oxygens (including phenoxy) is 10. The van der Waals surface area contributed by atoms with E-state index in [1.165, 1.54) is 11.8 Å². The maximum absolute atomic E-state index is 12.3. The van der Waals surface area contributed by atoms with Gasteiger partial charge >= 0.3 is 41.8 Å². The van der Waals surface area contributed by atoms with Crippen molar-refractivity contribution in [3.8, 4) is 0 Å². The molecule has 0 aliphatic carbocycles. The van der Waals surface area contributed by atoms with Crippen molar-refractivity contribution in [1.29, 1.82) is 0 Å². The third kappa shape index (κ3) is 11.7. The molecule has 18 heteroatoms. The summed E-state index contributed by atoms with van der Waals surface area (Å²) in [6, 6.07) is 0. The van der Waals surface area contributed by atoms with E-state index in [1.807, 2.05) is 0 Å². The Morgan fingerprint density at radius 2 is 0.891 bits per heavy atom. The van der Waals surface area contributed by atoms with E-state index in [0.29, 0.717) is 5.75 Å². The van der Waals surface area contributed by atoms with Crippen LogP contribution in [0.2, 0.25) is 0 Å². The van der Waals surface area contributed by atoms with Gasteiger partial charge in [0.25, 0.3) is 0 Å². The second-order valence-electron chi connectivity index (χ2n) is 10.1. The molecule has 2 rings (SSSR count).